The van der Waals surface area contributed by atoms with E-state index in [0.29, 0.717) is 12.6 Å². The molecule has 1 fully saturated rings. The quantitative estimate of drug-likeness (QED) is 0.889. The Balaban J connectivity index is 1.89. The van der Waals surface area contributed by atoms with E-state index in [2.05, 4.69) is 28.2 Å². The van der Waals surface area contributed by atoms with Crippen molar-refractivity contribution in [2.24, 2.45) is 5.92 Å². The first kappa shape index (κ1) is 12.1. The van der Waals surface area contributed by atoms with E-state index in [4.69, 9.17) is 0 Å². The molecule has 1 N–H and O–H groups in total. The molecule has 0 amide bonds. The first-order chi connectivity index (χ1) is 7.65. The highest BCUT2D eigenvalue weighted by Crippen LogP contribution is 2.25. The Labute approximate surface area is 105 Å². The molecule has 1 aliphatic carbocycles. The number of nitrogens with one attached hydrogen (secondary N) is 1. The first-order valence-corrected chi connectivity index (χ1v) is 6.62. The Hall–Kier alpha value is -0.410. The lowest BCUT2D eigenvalue weighted by molar-refractivity contribution is 0.491. The monoisotopic (exact) mass is 285 g/mol. The van der Waals surface area contributed by atoms with Gasteiger partial charge in [0.05, 0.1) is 0 Å². The largest absolute Gasteiger partial charge is 0.310 e. The van der Waals surface area contributed by atoms with Crippen LogP contribution in [0.15, 0.2) is 22.7 Å². The minimum atomic E-state index is -0.132. The molecule has 88 valence electrons. The van der Waals surface area contributed by atoms with Gasteiger partial charge in [-0.05, 0) is 37.3 Å². The van der Waals surface area contributed by atoms with Crippen LogP contribution in [-0.2, 0) is 6.54 Å². The molecule has 0 bridgehead atoms. The molecule has 0 radical (unpaired) electrons. The van der Waals surface area contributed by atoms with Crippen LogP contribution in [0, 0.1) is 11.7 Å². The second-order valence-corrected chi connectivity index (χ2v) is 5.65. The number of hydrogen-bond acceptors (Lipinski definition) is 1. The highest BCUT2D eigenvalue weighted by atomic mass is 79.9. The van der Waals surface area contributed by atoms with Gasteiger partial charge in [0.1, 0.15) is 5.82 Å². The maximum absolute atomic E-state index is 13.5. The molecule has 2 rings (SSSR count). The Morgan fingerprint density at radius 3 is 2.88 bits per heavy atom. The zero-order valence-electron chi connectivity index (χ0n) is 9.47. The summed E-state index contributed by atoms with van der Waals surface area (Å²) in [7, 11) is 0. The lowest BCUT2D eigenvalue weighted by Gasteiger charge is -2.12. The van der Waals surface area contributed by atoms with Crippen molar-refractivity contribution < 1.29 is 4.39 Å². The summed E-state index contributed by atoms with van der Waals surface area (Å²) in [5.41, 5.74) is 0.753. The van der Waals surface area contributed by atoms with E-state index >= 15 is 0 Å². The predicted octanol–water partition coefficient (Wildman–Crippen LogP) is 3.87. The lowest BCUT2D eigenvalue weighted by Crippen LogP contribution is -2.26. The summed E-state index contributed by atoms with van der Waals surface area (Å²) in [6.45, 7) is 2.92. The van der Waals surface area contributed by atoms with Gasteiger partial charge in [0.25, 0.3) is 0 Å². The molecule has 1 saturated carbocycles. The molecule has 2 atom stereocenters. The molecule has 3 heteroatoms. The van der Waals surface area contributed by atoms with Gasteiger partial charge in [-0.25, -0.2) is 4.39 Å². The Bertz CT molecular complexity index is 367. The van der Waals surface area contributed by atoms with Crippen LogP contribution in [0.4, 0.5) is 4.39 Å². The molecule has 1 aromatic carbocycles. The van der Waals surface area contributed by atoms with Gasteiger partial charge < -0.3 is 5.32 Å². The van der Waals surface area contributed by atoms with Crippen LogP contribution < -0.4 is 5.32 Å². The van der Waals surface area contributed by atoms with Crippen molar-refractivity contribution >= 4 is 15.9 Å². The normalized spacial score (nSPS) is 24.9. The van der Waals surface area contributed by atoms with Crippen molar-refractivity contribution in [3.8, 4) is 0 Å². The molecule has 0 saturated heterocycles. The number of hydrogen-bond donors (Lipinski definition) is 1. The van der Waals surface area contributed by atoms with E-state index < -0.39 is 0 Å². The van der Waals surface area contributed by atoms with Gasteiger partial charge >= 0.3 is 0 Å². The molecule has 0 aromatic heterocycles. The molecule has 0 spiro atoms. The van der Waals surface area contributed by atoms with Crippen molar-refractivity contribution in [1.29, 1.82) is 0 Å². The molecular formula is C13H17BrFN. The summed E-state index contributed by atoms with van der Waals surface area (Å²) in [5, 5.41) is 3.43. The Kier molecular flexibility index (Phi) is 3.98. The highest BCUT2D eigenvalue weighted by Gasteiger charge is 2.20. The van der Waals surface area contributed by atoms with Gasteiger partial charge in [-0.2, -0.15) is 0 Å². The van der Waals surface area contributed by atoms with Crippen molar-refractivity contribution in [3.05, 3.63) is 34.1 Å². The highest BCUT2D eigenvalue weighted by molar-refractivity contribution is 9.10. The average molecular weight is 286 g/mol. The van der Waals surface area contributed by atoms with Crippen LogP contribution in [0.2, 0.25) is 0 Å². The van der Waals surface area contributed by atoms with Gasteiger partial charge in [0.2, 0.25) is 0 Å². The van der Waals surface area contributed by atoms with E-state index in [9.17, 15) is 4.39 Å². The van der Waals surface area contributed by atoms with Crippen LogP contribution >= 0.6 is 15.9 Å². The van der Waals surface area contributed by atoms with Gasteiger partial charge in [-0.3, -0.25) is 0 Å². The van der Waals surface area contributed by atoms with E-state index in [0.717, 1.165) is 16.0 Å². The Morgan fingerprint density at radius 1 is 1.44 bits per heavy atom. The van der Waals surface area contributed by atoms with Crippen LogP contribution in [0.3, 0.4) is 0 Å². The molecule has 1 aromatic rings. The lowest BCUT2D eigenvalue weighted by atomic mass is 10.1. The zero-order chi connectivity index (χ0) is 11.5. The summed E-state index contributed by atoms with van der Waals surface area (Å²) in [6, 6.07) is 5.81. The van der Waals surface area contributed by atoms with Gasteiger partial charge in [0, 0.05) is 22.6 Å². The molecule has 1 nitrogen and oxygen atoms in total. The second kappa shape index (κ2) is 5.28. The van der Waals surface area contributed by atoms with Crippen LogP contribution in [0.1, 0.15) is 31.7 Å². The van der Waals surface area contributed by atoms with Gasteiger partial charge in [0.15, 0.2) is 0 Å². The maximum Gasteiger partial charge on any atom is 0.128 e. The summed E-state index contributed by atoms with van der Waals surface area (Å²) in [5.74, 6) is 0.681. The fourth-order valence-electron chi connectivity index (χ4n) is 2.31. The molecule has 16 heavy (non-hydrogen) atoms. The van der Waals surface area contributed by atoms with E-state index in [1.165, 1.54) is 25.3 Å². The van der Waals surface area contributed by atoms with Gasteiger partial charge in [-0.15, -0.1) is 0 Å². The second-order valence-electron chi connectivity index (χ2n) is 4.73. The smallest absolute Gasteiger partial charge is 0.128 e. The average Bonchev–Trinajstić information content (AvgIpc) is 2.63. The fraction of sp³-hybridized carbons (Fsp3) is 0.538. The summed E-state index contributed by atoms with van der Waals surface area (Å²) in [4.78, 5) is 0. The maximum atomic E-state index is 13.5. The molecule has 1 aliphatic rings. The molecule has 0 aliphatic heterocycles. The van der Waals surface area contributed by atoms with E-state index in [1.807, 2.05) is 12.1 Å². The topological polar surface area (TPSA) is 12.0 Å². The molecule has 0 heterocycles. The minimum Gasteiger partial charge on any atom is -0.310 e. The molecule has 2 unspecified atom stereocenters. The summed E-state index contributed by atoms with van der Waals surface area (Å²) < 4.78 is 14.3. The van der Waals surface area contributed by atoms with Crippen molar-refractivity contribution in [1.82, 2.24) is 5.32 Å². The standard InChI is InChI=1S/C13H17BrFN/c1-9-2-5-12(6-9)16-8-10-3-4-11(14)7-13(10)15/h3-4,7,9,12,16H,2,5-6,8H2,1H3. The van der Waals surface area contributed by atoms with Crippen LogP contribution in [0.5, 0.6) is 0 Å². The minimum absolute atomic E-state index is 0.132. The van der Waals surface area contributed by atoms with Gasteiger partial charge in [-0.1, -0.05) is 28.9 Å². The van der Waals surface area contributed by atoms with E-state index in [1.54, 1.807) is 0 Å². The number of rotatable bonds is 3. The Morgan fingerprint density at radius 2 is 2.25 bits per heavy atom. The fourth-order valence-corrected chi connectivity index (χ4v) is 2.64. The zero-order valence-corrected chi connectivity index (χ0v) is 11.1. The van der Waals surface area contributed by atoms with Crippen molar-refractivity contribution in [3.63, 3.8) is 0 Å². The summed E-state index contributed by atoms with van der Waals surface area (Å²) >= 11 is 3.26. The van der Waals surface area contributed by atoms with E-state index in [-0.39, 0.29) is 5.82 Å². The van der Waals surface area contributed by atoms with Crippen molar-refractivity contribution in [2.75, 3.05) is 0 Å². The SMILES string of the molecule is CC1CCC(NCc2ccc(Br)cc2F)C1. The number of halogens is 2. The van der Waals surface area contributed by atoms with Crippen molar-refractivity contribution in [2.45, 2.75) is 38.8 Å². The molecular weight excluding hydrogens is 269 g/mol. The third kappa shape index (κ3) is 3.05. The third-order valence-electron chi connectivity index (χ3n) is 3.29. The van der Waals surface area contributed by atoms with Crippen LogP contribution in [-0.4, -0.2) is 6.04 Å². The predicted molar refractivity (Wildman–Crippen MR) is 67.7 cm³/mol. The number of benzene rings is 1. The van der Waals surface area contributed by atoms with Crippen LogP contribution in [0.25, 0.3) is 0 Å². The summed E-state index contributed by atoms with van der Waals surface area (Å²) in [6.07, 6.45) is 3.73. The third-order valence-corrected chi connectivity index (χ3v) is 3.78. The first-order valence-electron chi connectivity index (χ1n) is 5.82.